The molecule has 162 valence electrons. The zero-order valence-electron chi connectivity index (χ0n) is 17.9. The van der Waals surface area contributed by atoms with Crippen molar-refractivity contribution in [1.82, 2.24) is 15.1 Å². The number of imide groups is 1. The number of hydrogen-bond donors (Lipinski definition) is 2. The van der Waals surface area contributed by atoms with Crippen molar-refractivity contribution in [1.29, 1.82) is 0 Å². The van der Waals surface area contributed by atoms with Crippen molar-refractivity contribution < 1.29 is 14.4 Å². The van der Waals surface area contributed by atoms with E-state index in [-0.39, 0.29) is 30.8 Å². The topological polar surface area (TPSA) is 81.8 Å². The molecular formula is C24H28N4O3. The van der Waals surface area contributed by atoms with E-state index in [1.165, 1.54) is 9.80 Å². The van der Waals surface area contributed by atoms with E-state index in [4.69, 9.17) is 0 Å². The van der Waals surface area contributed by atoms with Gasteiger partial charge in [-0.1, -0.05) is 48.5 Å². The first-order chi connectivity index (χ1) is 15.0. The molecule has 0 saturated carbocycles. The summed E-state index contributed by atoms with van der Waals surface area (Å²) in [5, 5.41) is 6.24. The molecular weight excluding hydrogens is 392 g/mol. The fraction of sp³-hybridized carbons (Fsp3) is 0.375. The minimum absolute atomic E-state index is 0.112. The molecule has 2 N–H and O–H groups in total. The van der Waals surface area contributed by atoms with Crippen molar-refractivity contribution in [2.75, 3.05) is 18.4 Å². The van der Waals surface area contributed by atoms with Gasteiger partial charge in [0.05, 0.1) is 18.6 Å². The van der Waals surface area contributed by atoms with E-state index in [1.807, 2.05) is 62.4 Å². The number of carbonyl (C=O) groups excluding carboxylic acids is 3. The third-order valence-corrected chi connectivity index (χ3v) is 6.07. The van der Waals surface area contributed by atoms with Crippen molar-refractivity contribution in [3.8, 4) is 0 Å². The number of amides is 4. The van der Waals surface area contributed by atoms with Crippen LogP contribution in [0.5, 0.6) is 0 Å². The summed E-state index contributed by atoms with van der Waals surface area (Å²) in [6.45, 7) is 4.69. The Morgan fingerprint density at radius 1 is 1.06 bits per heavy atom. The van der Waals surface area contributed by atoms with Crippen LogP contribution in [0.3, 0.4) is 0 Å². The smallest absolute Gasteiger partial charge is 0.324 e. The SMILES string of the molecule is Cc1cccc(C)c1NC(=O)CN1C(=O)N(Cc2ccccc2)C(=O)C2CCCNC21. The third kappa shape index (κ3) is 4.32. The van der Waals surface area contributed by atoms with Crippen LogP contribution in [0.15, 0.2) is 48.5 Å². The maximum atomic E-state index is 13.3. The van der Waals surface area contributed by atoms with Crippen LogP contribution < -0.4 is 10.6 Å². The van der Waals surface area contributed by atoms with Gasteiger partial charge in [-0.3, -0.25) is 24.7 Å². The number of para-hydroxylation sites is 1. The highest BCUT2D eigenvalue weighted by molar-refractivity contribution is 6.01. The molecule has 2 aromatic carbocycles. The van der Waals surface area contributed by atoms with E-state index in [9.17, 15) is 14.4 Å². The fourth-order valence-electron chi connectivity index (χ4n) is 4.45. The molecule has 4 amide bonds. The number of carbonyl (C=O) groups is 3. The van der Waals surface area contributed by atoms with Gasteiger partial charge in [-0.05, 0) is 49.9 Å². The predicted molar refractivity (Wildman–Crippen MR) is 118 cm³/mol. The van der Waals surface area contributed by atoms with Crippen LogP contribution in [-0.2, 0) is 16.1 Å². The summed E-state index contributed by atoms with van der Waals surface area (Å²) >= 11 is 0. The molecule has 4 rings (SSSR count). The summed E-state index contributed by atoms with van der Waals surface area (Å²) in [6.07, 6.45) is 1.11. The van der Waals surface area contributed by atoms with Crippen LogP contribution in [0.2, 0.25) is 0 Å². The number of nitrogens with one attached hydrogen (secondary N) is 2. The predicted octanol–water partition coefficient (Wildman–Crippen LogP) is 3.03. The fourth-order valence-corrected chi connectivity index (χ4v) is 4.45. The summed E-state index contributed by atoms with van der Waals surface area (Å²) in [5.41, 5.74) is 3.58. The lowest BCUT2D eigenvalue weighted by Gasteiger charge is -2.46. The molecule has 2 aromatic rings. The monoisotopic (exact) mass is 420 g/mol. The van der Waals surface area contributed by atoms with Gasteiger partial charge >= 0.3 is 6.03 Å². The molecule has 0 radical (unpaired) electrons. The molecule has 7 heteroatoms. The lowest BCUT2D eigenvalue weighted by atomic mass is 9.91. The summed E-state index contributed by atoms with van der Waals surface area (Å²) in [6, 6.07) is 14.8. The zero-order chi connectivity index (χ0) is 22.0. The molecule has 2 atom stereocenters. The number of fused-ring (bicyclic) bond motifs is 1. The second-order valence-corrected chi connectivity index (χ2v) is 8.28. The molecule has 2 fully saturated rings. The van der Waals surface area contributed by atoms with Crippen molar-refractivity contribution >= 4 is 23.5 Å². The molecule has 2 unspecified atom stereocenters. The number of urea groups is 1. The normalized spacial score (nSPS) is 21.1. The van der Waals surface area contributed by atoms with Crippen molar-refractivity contribution in [3.63, 3.8) is 0 Å². The third-order valence-electron chi connectivity index (χ3n) is 6.07. The number of benzene rings is 2. The van der Waals surface area contributed by atoms with Crippen molar-refractivity contribution in [2.24, 2.45) is 5.92 Å². The van der Waals surface area contributed by atoms with Crippen molar-refractivity contribution in [2.45, 2.75) is 39.4 Å². The maximum Gasteiger partial charge on any atom is 0.328 e. The summed E-state index contributed by atoms with van der Waals surface area (Å²) in [7, 11) is 0. The van der Waals surface area contributed by atoms with Gasteiger partial charge in [0, 0.05) is 5.69 Å². The Hall–Kier alpha value is -3.19. The van der Waals surface area contributed by atoms with E-state index in [2.05, 4.69) is 10.6 Å². The Balaban J connectivity index is 1.56. The number of piperidine rings is 1. The molecule has 2 saturated heterocycles. The van der Waals surface area contributed by atoms with Gasteiger partial charge < -0.3 is 5.32 Å². The minimum atomic E-state index is -0.454. The highest BCUT2D eigenvalue weighted by Crippen LogP contribution is 2.29. The number of nitrogens with zero attached hydrogens (tertiary/aromatic N) is 2. The van der Waals surface area contributed by atoms with E-state index >= 15 is 0 Å². The second kappa shape index (κ2) is 8.89. The Morgan fingerprint density at radius 2 is 1.77 bits per heavy atom. The first-order valence-corrected chi connectivity index (χ1v) is 10.7. The average Bonchev–Trinajstić information content (AvgIpc) is 2.77. The molecule has 0 bridgehead atoms. The highest BCUT2D eigenvalue weighted by atomic mass is 16.2. The summed E-state index contributed by atoms with van der Waals surface area (Å²) in [4.78, 5) is 42.2. The van der Waals surface area contributed by atoms with Crippen LogP contribution >= 0.6 is 0 Å². The van der Waals surface area contributed by atoms with Gasteiger partial charge in [0.15, 0.2) is 0 Å². The molecule has 2 aliphatic rings. The van der Waals surface area contributed by atoms with Crippen LogP contribution in [0.25, 0.3) is 0 Å². The lowest BCUT2D eigenvalue weighted by Crippen LogP contribution is -2.68. The molecule has 31 heavy (non-hydrogen) atoms. The first kappa shape index (κ1) is 21.1. The molecule has 0 spiro atoms. The number of hydrogen-bond acceptors (Lipinski definition) is 4. The molecule has 0 aromatic heterocycles. The van der Waals surface area contributed by atoms with Gasteiger partial charge in [0.25, 0.3) is 0 Å². The van der Waals surface area contributed by atoms with Crippen LogP contribution in [0.1, 0.15) is 29.5 Å². The van der Waals surface area contributed by atoms with E-state index in [0.717, 1.165) is 35.3 Å². The van der Waals surface area contributed by atoms with Gasteiger partial charge in [0.1, 0.15) is 6.54 Å². The Bertz CT molecular complexity index is 971. The molecule has 2 heterocycles. The molecule has 7 nitrogen and oxygen atoms in total. The van der Waals surface area contributed by atoms with E-state index in [0.29, 0.717) is 6.42 Å². The largest absolute Gasteiger partial charge is 0.328 e. The maximum absolute atomic E-state index is 13.3. The lowest BCUT2D eigenvalue weighted by molar-refractivity contribution is -0.143. The standard InChI is InChI=1S/C24H28N4O3/c1-16-8-6-9-17(2)21(16)26-20(29)15-27-22-19(12-7-13-25-22)23(30)28(24(27)31)14-18-10-4-3-5-11-18/h3-6,8-11,19,22,25H,7,12-15H2,1-2H3,(H,26,29). The zero-order valence-corrected chi connectivity index (χ0v) is 17.9. The Labute approximate surface area is 182 Å². The number of rotatable bonds is 5. The summed E-state index contributed by atoms with van der Waals surface area (Å²) < 4.78 is 0. The quantitative estimate of drug-likeness (QED) is 0.779. The van der Waals surface area contributed by atoms with Crippen LogP contribution in [0.4, 0.5) is 10.5 Å². The first-order valence-electron chi connectivity index (χ1n) is 10.7. The molecule has 2 aliphatic heterocycles. The van der Waals surface area contributed by atoms with Gasteiger partial charge in [-0.25, -0.2) is 4.79 Å². The second-order valence-electron chi connectivity index (χ2n) is 8.28. The Kier molecular flexibility index (Phi) is 6.04. The van der Waals surface area contributed by atoms with Crippen molar-refractivity contribution in [3.05, 3.63) is 65.2 Å². The Morgan fingerprint density at radius 3 is 2.48 bits per heavy atom. The highest BCUT2D eigenvalue weighted by Gasteiger charge is 2.47. The van der Waals surface area contributed by atoms with Crippen LogP contribution in [0, 0.1) is 19.8 Å². The minimum Gasteiger partial charge on any atom is -0.324 e. The van der Waals surface area contributed by atoms with Gasteiger partial charge in [-0.15, -0.1) is 0 Å². The van der Waals surface area contributed by atoms with E-state index in [1.54, 1.807) is 0 Å². The number of anilines is 1. The van der Waals surface area contributed by atoms with Gasteiger partial charge in [0.2, 0.25) is 11.8 Å². The van der Waals surface area contributed by atoms with E-state index < -0.39 is 12.2 Å². The van der Waals surface area contributed by atoms with Gasteiger partial charge in [-0.2, -0.15) is 0 Å². The number of aryl methyl sites for hydroxylation is 2. The van der Waals surface area contributed by atoms with Crippen LogP contribution in [-0.4, -0.2) is 46.9 Å². The molecule has 0 aliphatic carbocycles. The summed E-state index contributed by atoms with van der Waals surface area (Å²) in [5.74, 6) is -0.786. The average molecular weight is 421 g/mol.